The van der Waals surface area contributed by atoms with Crippen molar-refractivity contribution in [3.8, 4) is 0 Å². The number of amides is 1. The van der Waals surface area contributed by atoms with Crippen LogP contribution in [0.5, 0.6) is 0 Å². The Labute approximate surface area is 190 Å². The van der Waals surface area contributed by atoms with Gasteiger partial charge >= 0.3 is 0 Å². The molecule has 0 spiro atoms. The zero-order valence-corrected chi connectivity index (χ0v) is 18.5. The van der Waals surface area contributed by atoms with Gasteiger partial charge in [-0.2, -0.15) is 4.31 Å². The quantitative estimate of drug-likeness (QED) is 0.475. The number of halogens is 1. The minimum Gasteiger partial charge on any atom is -0.379 e. The summed E-state index contributed by atoms with van der Waals surface area (Å²) >= 11 is 0. The number of nitro benzene ring substituents is 1. The first kappa shape index (κ1) is 23.1. The summed E-state index contributed by atoms with van der Waals surface area (Å²) in [5.74, 6) is -1.04. The summed E-state index contributed by atoms with van der Waals surface area (Å²) in [7, 11) is -3.88. The van der Waals surface area contributed by atoms with E-state index in [0.717, 1.165) is 6.07 Å². The fourth-order valence-corrected chi connectivity index (χ4v) is 5.40. The van der Waals surface area contributed by atoms with Gasteiger partial charge < -0.3 is 14.5 Å². The Kier molecular flexibility index (Phi) is 6.58. The Morgan fingerprint density at radius 2 is 1.67 bits per heavy atom. The van der Waals surface area contributed by atoms with Gasteiger partial charge in [0.05, 0.1) is 28.6 Å². The van der Waals surface area contributed by atoms with Crippen molar-refractivity contribution >= 4 is 27.3 Å². The summed E-state index contributed by atoms with van der Waals surface area (Å²) in [4.78, 5) is 26.9. The first-order valence-electron chi connectivity index (χ1n) is 10.4. The highest BCUT2D eigenvalue weighted by atomic mass is 32.2. The number of carbonyl (C=O) groups is 1. The van der Waals surface area contributed by atoms with Crippen LogP contribution in [0.4, 0.5) is 15.8 Å². The number of nitrogens with zero attached hydrogens (tertiary/aromatic N) is 4. The number of piperazine rings is 1. The van der Waals surface area contributed by atoms with Gasteiger partial charge in [0.2, 0.25) is 10.0 Å². The molecule has 0 saturated carbocycles. The predicted molar refractivity (Wildman–Crippen MR) is 117 cm³/mol. The Balaban J connectivity index is 1.52. The Morgan fingerprint density at radius 1 is 1.00 bits per heavy atom. The van der Waals surface area contributed by atoms with Crippen LogP contribution in [0.1, 0.15) is 10.4 Å². The number of ether oxygens (including phenoxy) is 1. The van der Waals surface area contributed by atoms with Crippen molar-refractivity contribution < 1.29 is 27.3 Å². The van der Waals surface area contributed by atoms with E-state index in [1.54, 1.807) is 11.0 Å². The molecule has 2 aliphatic rings. The topological polar surface area (TPSA) is 113 Å². The lowest BCUT2D eigenvalue weighted by atomic mass is 10.1. The SMILES string of the molecule is O=C(c1ccccc1F)N1CCN(c2ccc(S(=O)(=O)N3CCOCC3)cc2[N+](=O)[O-])CC1. The van der Waals surface area contributed by atoms with Crippen LogP contribution in [0.15, 0.2) is 47.4 Å². The van der Waals surface area contributed by atoms with E-state index in [0.29, 0.717) is 0 Å². The zero-order valence-electron chi connectivity index (χ0n) is 17.7. The molecule has 0 unspecified atom stereocenters. The second-order valence-electron chi connectivity index (χ2n) is 7.68. The molecule has 2 aromatic rings. The second-order valence-corrected chi connectivity index (χ2v) is 9.62. The summed E-state index contributed by atoms with van der Waals surface area (Å²) in [5.41, 5.74) is -0.0632. The number of morpholine rings is 1. The smallest absolute Gasteiger partial charge is 0.293 e. The van der Waals surface area contributed by atoms with Crippen molar-refractivity contribution in [3.05, 3.63) is 64.0 Å². The summed E-state index contributed by atoms with van der Waals surface area (Å²) < 4.78 is 46.2. The lowest BCUT2D eigenvalue weighted by Gasteiger charge is -2.36. The molecule has 0 bridgehead atoms. The van der Waals surface area contributed by atoms with Crippen LogP contribution in [-0.2, 0) is 14.8 Å². The third-order valence-corrected chi connectivity index (χ3v) is 7.66. The molecule has 10 nitrogen and oxygen atoms in total. The second kappa shape index (κ2) is 9.41. The Bertz CT molecular complexity index is 1160. The molecule has 176 valence electrons. The normalized spacial score (nSPS) is 17.7. The molecular weight excluding hydrogens is 455 g/mol. The van der Waals surface area contributed by atoms with E-state index >= 15 is 0 Å². The fraction of sp³-hybridized carbons (Fsp3) is 0.381. The summed E-state index contributed by atoms with van der Waals surface area (Å²) in [6, 6.07) is 9.61. The summed E-state index contributed by atoms with van der Waals surface area (Å²) in [5, 5.41) is 11.8. The fourth-order valence-electron chi connectivity index (χ4n) is 3.97. The lowest BCUT2D eigenvalue weighted by molar-refractivity contribution is -0.384. The van der Waals surface area contributed by atoms with Gasteiger partial charge in [-0.05, 0) is 24.3 Å². The zero-order chi connectivity index (χ0) is 23.6. The van der Waals surface area contributed by atoms with Crippen molar-refractivity contribution in [1.82, 2.24) is 9.21 Å². The van der Waals surface area contributed by atoms with Crippen molar-refractivity contribution in [3.63, 3.8) is 0 Å². The standard InChI is InChI=1S/C21H23FN4O6S/c22-18-4-2-1-3-17(18)21(27)24-9-7-23(8-10-24)19-6-5-16(15-20(19)26(28)29)33(30,31)25-11-13-32-14-12-25/h1-6,15H,7-14H2. The van der Waals surface area contributed by atoms with E-state index < -0.39 is 26.7 Å². The third-order valence-electron chi connectivity index (χ3n) is 5.76. The minimum atomic E-state index is -3.88. The van der Waals surface area contributed by atoms with Crippen molar-refractivity contribution in [2.24, 2.45) is 0 Å². The molecule has 0 atom stereocenters. The van der Waals surface area contributed by atoms with Gasteiger partial charge in [0.1, 0.15) is 11.5 Å². The van der Waals surface area contributed by atoms with Crippen LogP contribution in [0, 0.1) is 15.9 Å². The number of hydrogen-bond acceptors (Lipinski definition) is 7. The van der Waals surface area contributed by atoms with E-state index in [9.17, 15) is 27.7 Å². The molecule has 4 rings (SSSR count). The average Bonchev–Trinajstić information content (AvgIpc) is 2.84. The van der Waals surface area contributed by atoms with E-state index in [2.05, 4.69) is 0 Å². The maximum atomic E-state index is 14.0. The van der Waals surface area contributed by atoms with Crippen LogP contribution in [0.25, 0.3) is 0 Å². The van der Waals surface area contributed by atoms with Crippen LogP contribution in [-0.4, -0.2) is 80.9 Å². The molecule has 0 radical (unpaired) electrons. The molecule has 12 heteroatoms. The van der Waals surface area contributed by atoms with Gasteiger partial charge in [-0.1, -0.05) is 12.1 Å². The predicted octanol–water partition coefficient (Wildman–Crippen LogP) is 1.72. The third kappa shape index (κ3) is 4.68. The molecule has 0 aliphatic carbocycles. The summed E-state index contributed by atoms with van der Waals surface area (Å²) in [6.07, 6.45) is 0. The minimum absolute atomic E-state index is 0.0189. The van der Waals surface area contributed by atoms with Gasteiger partial charge in [-0.3, -0.25) is 14.9 Å². The Hall–Kier alpha value is -3.09. The first-order chi connectivity index (χ1) is 15.8. The van der Waals surface area contributed by atoms with Crippen LogP contribution in [0.3, 0.4) is 0 Å². The van der Waals surface area contributed by atoms with Crippen LogP contribution in [0.2, 0.25) is 0 Å². The molecular formula is C21H23FN4O6S. The molecule has 1 amide bonds. The summed E-state index contributed by atoms with van der Waals surface area (Å²) in [6.45, 7) is 2.00. The van der Waals surface area contributed by atoms with Gasteiger partial charge in [0, 0.05) is 45.3 Å². The van der Waals surface area contributed by atoms with Crippen molar-refractivity contribution in [1.29, 1.82) is 0 Å². The van der Waals surface area contributed by atoms with Gasteiger partial charge in [-0.25, -0.2) is 12.8 Å². The van der Waals surface area contributed by atoms with Gasteiger partial charge in [-0.15, -0.1) is 0 Å². The first-order valence-corrected chi connectivity index (χ1v) is 11.9. The molecule has 2 aliphatic heterocycles. The van der Waals surface area contributed by atoms with Crippen molar-refractivity contribution in [2.45, 2.75) is 4.90 Å². The number of benzene rings is 2. The average molecular weight is 479 g/mol. The number of anilines is 1. The maximum absolute atomic E-state index is 14.0. The number of rotatable bonds is 5. The Morgan fingerprint density at radius 3 is 2.30 bits per heavy atom. The molecule has 2 saturated heterocycles. The molecule has 2 aromatic carbocycles. The number of hydrogen-bond donors (Lipinski definition) is 0. The van der Waals surface area contributed by atoms with Crippen molar-refractivity contribution in [2.75, 3.05) is 57.4 Å². The van der Waals surface area contributed by atoms with Gasteiger partial charge in [0.25, 0.3) is 11.6 Å². The van der Waals surface area contributed by atoms with E-state index in [4.69, 9.17) is 4.74 Å². The van der Waals surface area contributed by atoms with Gasteiger partial charge in [0.15, 0.2) is 0 Å². The molecule has 0 aromatic heterocycles. The van der Waals surface area contributed by atoms with E-state index in [1.165, 1.54) is 39.5 Å². The molecule has 2 heterocycles. The lowest BCUT2D eigenvalue weighted by Crippen LogP contribution is -2.49. The maximum Gasteiger partial charge on any atom is 0.293 e. The molecule has 33 heavy (non-hydrogen) atoms. The number of carbonyl (C=O) groups excluding carboxylic acids is 1. The van der Waals surface area contributed by atoms with Crippen LogP contribution >= 0.6 is 0 Å². The highest BCUT2D eigenvalue weighted by Gasteiger charge is 2.31. The monoisotopic (exact) mass is 478 g/mol. The number of nitro groups is 1. The van der Waals surface area contributed by atoms with E-state index in [1.807, 2.05) is 0 Å². The number of sulfonamides is 1. The van der Waals surface area contributed by atoms with E-state index in [-0.39, 0.29) is 74.3 Å². The molecule has 0 N–H and O–H groups in total. The molecule has 2 fully saturated rings. The van der Waals surface area contributed by atoms with Crippen LogP contribution < -0.4 is 4.90 Å². The highest BCUT2D eigenvalue weighted by Crippen LogP contribution is 2.33. The highest BCUT2D eigenvalue weighted by molar-refractivity contribution is 7.89. The largest absolute Gasteiger partial charge is 0.379 e.